The van der Waals surface area contributed by atoms with Gasteiger partial charge in [-0.2, -0.15) is 0 Å². The van der Waals surface area contributed by atoms with Gasteiger partial charge in [0.1, 0.15) is 0 Å². The molecule has 0 N–H and O–H groups in total. The average Bonchev–Trinajstić information content (AvgIpc) is 1.79. The summed E-state index contributed by atoms with van der Waals surface area (Å²) in [6.07, 6.45) is 3.81. The van der Waals surface area contributed by atoms with Crippen LogP contribution in [0.15, 0.2) is 0 Å². The third kappa shape index (κ3) is 1.68. The molecule has 1 saturated heterocycles. The Bertz CT molecular complexity index is 84.6. The van der Waals surface area contributed by atoms with E-state index in [1.165, 1.54) is 19.3 Å². The van der Waals surface area contributed by atoms with Gasteiger partial charge in [0, 0.05) is 5.41 Å². The van der Waals surface area contributed by atoms with Crippen LogP contribution in [0.4, 0.5) is 0 Å². The Hall–Kier alpha value is -0.0400. The molecule has 0 aliphatic carbocycles. The van der Waals surface area contributed by atoms with Crippen molar-refractivity contribution in [3.05, 3.63) is 6.92 Å². The molecular formula is C8H15O. The smallest absolute Gasteiger partial charge is 0.0544 e. The molecule has 0 aromatic rings. The van der Waals surface area contributed by atoms with E-state index in [1.54, 1.807) is 0 Å². The van der Waals surface area contributed by atoms with Crippen LogP contribution in [-0.4, -0.2) is 13.2 Å². The molecule has 0 spiro atoms. The molecule has 1 radical (unpaired) electrons. The average molecular weight is 127 g/mol. The summed E-state index contributed by atoms with van der Waals surface area (Å²) in [5, 5.41) is 0. The Morgan fingerprint density at radius 2 is 2.22 bits per heavy atom. The summed E-state index contributed by atoms with van der Waals surface area (Å²) in [5.74, 6) is 0. The topological polar surface area (TPSA) is 9.23 Å². The predicted octanol–water partition coefficient (Wildman–Crippen LogP) is 2.03. The minimum atomic E-state index is 0.302. The van der Waals surface area contributed by atoms with Gasteiger partial charge in [0.05, 0.1) is 13.2 Å². The van der Waals surface area contributed by atoms with Gasteiger partial charge >= 0.3 is 0 Å². The summed E-state index contributed by atoms with van der Waals surface area (Å²) >= 11 is 0. The fourth-order valence-electron chi connectivity index (χ4n) is 1.09. The molecule has 1 aliphatic rings. The van der Waals surface area contributed by atoms with Crippen molar-refractivity contribution in [2.45, 2.75) is 26.2 Å². The normalized spacial score (nSPS) is 23.3. The zero-order valence-corrected chi connectivity index (χ0v) is 6.15. The number of hydrogen-bond acceptors (Lipinski definition) is 1. The van der Waals surface area contributed by atoms with Crippen LogP contribution in [0.5, 0.6) is 0 Å². The minimum Gasteiger partial charge on any atom is -0.380 e. The van der Waals surface area contributed by atoms with E-state index in [0.717, 1.165) is 13.2 Å². The van der Waals surface area contributed by atoms with Crippen molar-refractivity contribution in [2.24, 2.45) is 5.41 Å². The van der Waals surface area contributed by atoms with E-state index in [9.17, 15) is 0 Å². The molecular weight excluding hydrogens is 112 g/mol. The van der Waals surface area contributed by atoms with E-state index in [0.29, 0.717) is 5.41 Å². The highest BCUT2D eigenvalue weighted by Gasteiger charge is 2.32. The monoisotopic (exact) mass is 127 g/mol. The molecule has 1 fully saturated rings. The SMILES string of the molecule is [CH2]C1(CCCC)COC1. The molecule has 1 nitrogen and oxygen atoms in total. The fourth-order valence-corrected chi connectivity index (χ4v) is 1.09. The van der Waals surface area contributed by atoms with Crippen LogP contribution in [-0.2, 0) is 4.74 Å². The fraction of sp³-hybridized carbons (Fsp3) is 0.875. The zero-order valence-electron chi connectivity index (χ0n) is 6.15. The number of unbranched alkanes of at least 4 members (excludes halogenated alkanes) is 1. The Morgan fingerprint density at radius 3 is 2.56 bits per heavy atom. The third-order valence-electron chi connectivity index (χ3n) is 1.88. The van der Waals surface area contributed by atoms with E-state index in [2.05, 4.69) is 13.8 Å². The quantitative estimate of drug-likeness (QED) is 0.563. The molecule has 53 valence electrons. The summed E-state index contributed by atoms with van der Waals surface area (Å²) in [4.78, 5) is 0. The van der Waals surface area contributed by atoms with Crippen LogP contribution in [0.1, 0.15) is 26.2 Å². The minimum absolute atomic E-state index is 0.302. The van der Waals surface area contributed by atoms with Crippen LogP contribution in [0.25, 0.3) is 0 Å². The first-order valence-electron chi connectivity index (χ1n) is 3.70. The Labute approximate surface area is 57.4 Å². The van der Waals surface area contributed by atoms with E-state index in [1.807, 2.05) is 0 Å². The summed E-state index contributed by atoms with van der Waals surface area (Å²) in [6, 6.07) is 0. The molecule has 0 aromatic heterocycles. The van der Waals surface area contributed by atoms with E-state index >= 15 is 0 Å². The highest BCUT2D eigenvalue weighted by Crippen LogP contribution is 2.31. The Morgan fingerprint density at radius 1 is 1.56 bits per heavy atom. The maximum absolute atomic E-state index is 5.07. The van der Waals surface area contributed by atoms with Gasteiger partial charge in [0.15, 0.2) is 0 Å². The summed E-state index contributed by atoms with van der Waals surface area (Å²) < 4.78 is 5.07. The lowest BCUT2D eigenvalue weighted by molar-refractivity contribution is -0.0890. The number of rotatable bonds is 3. The second kappa shape index (κ2) is 2.70. The van der Waals surface area contributed by atoms with Crippen LogP contribution >= 0.6 is 0 Å². The van der Waals surface area contributed by atoms with Gasteiger partial charge in [-0.3, -0.25) is 0 Å². The van der Waals surface area contributed by atoms with E-state index < -0.39 is 0 Å². The molecule has 1 rings (SSSR count). The lowest BCUT2D eigenvalue weighted by Gasteiger charge is -2.37. The molecule has 9 heavy (non-hydrogen) atoms. The maximum atomic E-state index is 5.07. The van der Waals surface area contributed by atoms with Crippen molar-refractivity contribution in [2.75, 3.05) is 13.2 Å². The van der Waals surface area contributed by atoms with Crippen molar-refractivity contribution >= 4 is 0 Å². The molecule has 0 bridgehead atoms. The van der Waals surface area contributed by atoms with Gasteiger partial charge in [-0.1, -0.05) is 19.8 Å². The highest BCUT2D eigenvalue weighted by molar-refractivity contribution is 4.87. The van der Waals surface area contributed by atoms with Crippen LogP contribution in [0.3, 0.4) is 0 Å². The van der Waals surface area contributed by atoms with Gasteiger partial charge in [-0.05, 0) is 13.3 Å². The largest absolute Gasteiger partial charge is 0.380 e. The molecule has 1 heterocycles. The van der Waals surface area contributed by atoms with Crippen molar-refractivity contribution in [3.63, 3.8) is 0 Å². The standard InChI is InChI=1S/C8H15O/c1-3-4-5-8(2)6-9-7-8/h2-7H2,1H3. The first-order chi connectivity index (χ1) is 4.27. The van der Waals surface area contributed by atoms with E-state index in [-0.39, 0.29) is 0 Å². The van der Waals surface area contributed by atoms with Crippen LogP contribution < -0.4 is 0 Å². The molecule has 0 unspecified atom stereocenters. The second-order valence-corrected chi connectivity index (χ2v) is 3.10. The zero-order chi connectivity index (χ0) is 6.74. The van der Waals surface area contributed by atoms with Crippen LogP contribution in [0, 0.1) is 12.3 Å². The second-order valence-electron chi connectivity index (χ2n) is 3.10. The number of ether oxygens (including phenoxy) is 1. The van der Waals surface area contributed by atoms with E-state index in [4.69, 9.17) is 4.74 Å². The predicted molar refractivity (Wildman–Crippen MR) is 38.1 cm³/mol. The van der Waals surface area contributed by atoms with Crippen molar-refractivity contribution in [3.8, 4) is 0 Å². The van der Waals surface area contributed by atoms with Gasteiger partial charge in [-0.15, -0.1) is 0 Å². The van der Waals surface area contributed by atoms with Crippen molar-refractivity contribution < 1.29 is 4.74 Å². The summed E-state index contributed by atoms with van der Waals surface area (Å²) in [5.41, 5.74) is 0.302. The Kier molecular flexibility index (Phi) is 2.12. The molecule has 0 aromatic carbocycles. The lowest BCUT2D eigenvalue weighted by atomic mass is 9.83. The maximum Gasteiger partial charge on any atom is 0.0544 e. The van der Waals surface area contributed by atoms with Crippen molar-refractivity contribution in [1.82, 2.24) is 0 Å². The molecule has 0 saturated carbocycles. The number of hydrogen-bond donors (Lipinski definition) is 0. The first-order valence-corrected chi connectivity index (χ1v) is 3.70. The van der Waals surface area contributed by atoms with Gasteiger partial charge in [-0.25, -0.2) is 0 Å². The Balaban J connectivity index is 2.09. The highest BCUT2D eigenvalue weighted by atomic mass is 16.5. The lowest BCUT2D eigenvalue weighted by Crippen LogP contribution is -2.39. The third-order valence-corrected chi connectivity index (χ3v) is 1.88. The van der Waals surface area contributed by atoms with Gasteiger partial charge < -0.3 is 4.74 Å². The molecule has 0 atom stereocenters. The molecule has 0 amide bonds. The van der Waals surface area contributed by atoms with Gasteiger partial charge in [0.25, 0.3) is 0 Å². The molecule has 1 heteroatoms. The molecule has 1 aliphatic heterocycles. The van der Waals surface area contributed by atoms with Crippen LogP contribution in [0.2, 0.25) is 0 Å². The first kappa shape index (κ1) is 7.07. The summed E-state index contributed by atoms with van der Waals surface area (Å²) in [7, 11) is 0. The summed E-state index contributed by atoms with van der Waals surface area (Å²) in [6.45, 7) is 8.06. The van der Waals surface area contributed by atoms with Gasteiger partial charge in [0.2, 0.25) is 0 Å². The van der Waals surface area contributed by atoms with Crippen molar-refractivity contribution in [1.29, 1.82) is 0 Å².